The van der Waals surface area contributed by atoms with E-state index in [2.05, 4.69) is 39.8 Å². The van der Waals surface area contributed by atoms with Gasteiger partial charge in [0.25, 0.3) is 0 Å². The number of benzene rings is 1. The monoisotopic (exact) mass is 783 g/mol. The summed E-state index contributed by atoms with van der Waals surface area (Å²) in [5, 5.41) is 10.6. The van der Waals surface area contributed by atoms with Gasteiger partial charge in [0.1, 0.15) is 5.75 Å². The number of aliphatic hydroxyl groups is 1. The van der Waals surface area contributed by atoms with Gasteiger partial charge >= 0.3 is 11.9 Å². The topological polar surface area (TPSA) is 107 Å². The van der Waals surface area contributed by atoms with Crippen molar-refractivity contribution in [1.82, 2.24) is 0 Å². The summed E-state index contributed by atoms with van der Waals surface area (Å²) in [5.41, 5.74) is 3.22. The molecule has 6 saturated carbocycles. The summed E-state index contributed by atoms with van der Waals surface area (Å²) in [7, 11) is 0. The summed E-state index contributed by atoms with van der Waals surface area (Å²) in [4.78, 5) is 49.1. The van der Waals surface area contributed by atoms with Crippen molar-refractivity contribution in [3.8, 4) is 5.75 Å². The summed E-state index contributed by atoms with van der Waals surface area (Å²) >= 11 is 0. The van der Waals surface area contributed by atoms with Crippen molar-refractivity contribution >= 4 is 23.5 Å². The average Bonchev–Trinajstić information content (AvgIpc) is 3.88. The van der Waals surface area contributed by atoms with Crippen LogP contribution in [0.2, 0.25) is 0 Å². The number of allylic oxidation sites excluding steroid dienone is 1. The van der Waals surface area contributed by atoms with Gasteiger partial charge in [-0.1, -0.05) is 65.0 Å². The Morgan fingerprint density at radius 2 is 1.58 bits per heavy atom. The van der Waals surface area contributed by atoms with Crippen LogP contribution in [0.3, 0.4) is 0 Å². The van der Waals surface area contributed by atoms with Gasteiger partial charge in [-0.3, -0.25) is 19.2 Å². The molecule has 0 saturated heterocycles. The number of carbonyl (C=O) groups excluding carboxylic acids is 4. The van der Waals surface area contributed by atoms with E-state index in [0.717, 1.165) is 69.5 Å². The number of esters is 2. The summed E-state index contributed by atoms with van der Waals surface area (Å²) < 4.78 is 11.5. The second-order valence-electron chi connectivity index (χ2n) is 21.0. The van der Waals surface area contributed by atoms with Crippen LogP contribution in [-0.4, -0.2) is 40.3 Å². The van der Waals surface area contributed by atoms with Crippen molar-refractivity contribution in [2.75, 3.05) is 0 Å². The van der Waals surface area contributed by atoms with Gasteiger partial charge in [-0.15, -0.1) is 0 Å². The van der Waals surface area contributed by atoms with Gasteiger partial charge in [-0.25, -0.2) is 0 Å². The summed E-state index contributed by atoms with van der Waals surface area (Å²) in [6, 6.07) is 6.39. The van der Waals surface area contributed by atoms with Gasteiger partial charge in [0.15, 0.2) is 17.2 Å². The third-order valence-electron chi connectivity index (χ3n) is 18.4. The molecule has 1 aromatic carbocycles. The number of Topliss-reactive ketones (excluding diaryl/α,β-unsaturated/α-hetero) is 1. The van der Waals surface area contributed by atoms with E-state index in [4.69, 9.17) is 9.47 Å². The smallest absolute Gasteiger partial charge is 0.311 e. The molecule has 6 fully saturated rings. The largest absolute Gasteiger partial charge is 0.451 e. The lowest BCUT2D eigenvalue weighted by atomic mass is 9.44. The van der Waals surface area contributed by atoms with Gasteiger partial charge in [-0.05, 0) is 178 Å². The number of hydrogen-bond acceptors (Lipinski definition) is 7. The lowest BCUT2D eigenvalue weighted by Crippen LogP contribution is -2.59. The molecule has 1 aromatic rings. The molecule has 57 heavy (non-hydrogen) atoms. The first-order valence-corrected chi connectivity index (χ1v) is 23.1. The molecule has 0 radical (unpaired) electrons. The van der Waals surface area contributed by atoms with Crippen molar-refractivity contribution in [1.29, 1.82) is 0 Å². The van der Waals surface area contributed by atoms with Crippen LogP contribution in [0.1, 0.15) is 174 Å². The Balaban J connectivity index is 0.000000160. The van der Waals surface area contributed by atoms with Crippen molar-refractivity contribution in [2.45, 2.75) is 181 Å². The molecule has 12 atom stereocenters. The Kier molecular flexibility index (Phi) is 11.0. The summed E-state index contributed by atoms with van der Waals surface area (Å²) in [6.45, 7) is 12.2. The van der Waals surface area contributed by atoms with Crippen LogP contribution in [0.4, 0.5) is 0 Å². The average molecular weight is 783 g/mol. The maximum atomic E-state index is 12.8. The second-order valence-corrected chi connectivity index (χ2v) is 21.0. The predicted molar refractivity (Wildman–Crippen MR) is 220 cm³/mol. The van der Waals surface area contributed by atoms with E-state index >= 15 is 0 Å². The SMILES string of the molecule is CC(=O)O[C@]1(C(C)=O)CC[C@H]2[C@@H]3C[C@H](C)C4=CC(=O)CC[C@]4(C)[C@H]3CC[C@@]21C.C[C@]12CCC3c4ccc(OC(=O)CCC5CCCC5)cc4CCC3C1CC[C@@H]2O. The molecule has 0 bridgehead atoms. The van der Waals surface area contributed by atoms with Crippen LogP contribution in [0.25, 0.3) is 0 Å². The lowest BCUT2D eigenvalue weighted by Gasteiger charge is -2.60. The van der Waals surface area contributed by atoms with E-state index in [-0.39, 0.29) is 45.9 Å². The fraction of sp³-hybridized carbons (Fsp3) is 0.760. The molecule has 0 aromatic heterocycles. The van der Waals surface area contributed by atoms with E-state index in [1.165, 1.54) is 68.6 Å². The van der Waals surface area contributed by atoms with E-state index in [0.29, 0.717) is 60.7 Å². The van der Waals surface area contributed by atoms with Crippen LogP contribution in [0.5, 0.6) is 5.75 Å². The minimum absolute atomic E-state index is 0.00469. The normalized spacial score (nSPS) is 41.8. The lowest BCUT2D eigenvalue weighted by molar-refractivity contribution is -0.187. The van der Waals surface area contributed by atoms with Gasteiger partial charge in [0.2, 0.25) is 0 Å². The molecule has 312 valence electrons. The second kappa shape index (κ2) is 15.3. The van der Waals surface area contributed by atoms with E-state index in [1.54, 1.807) is 6.92 Å². The van der Waals surface area contributed by atoms with Crippen molar-refractivity contribution in [2.24, 2.45) is 57.7 Å². The zero-order valence-corrected chi connectivity index (χ0v) is 35.8. The highest BCUT2D eigenvalue weighted by molar-refractivity contribution is 5.92. The molecule has 0 heterocycles. The molecule has 8 aliphatic rings. The molecule has 7 heteroatoms. The fourth-order valence-electron chi connectivity index (χ4n) is 15.4. The van der Waals surface area contributed by atoms with E-state index in [1.807, 2.05) is 12.1 Å². The first kappa shape index (κ1) is 41.0. The Labute approximate surface area is 341 Å². The molecule has 0 aliphatic heterocycles. The Hall–Kier alpha value is -2.80. The van der Waals surface area contributed by atoms with Crippen LogP contribution < -0.4 is 4.74 Å². The molecule has 0 spiro atoms. The minimum atomic E-state index is -0.961. The minimum Gasteiger partial charge on any atom is -0.451 e. The quantitative estimate of drug-likeness (QED) is 0.226. The molecule has 9 rings (SSSR count). The van der Waals surface area contributed by atoms with Gasteiger partial charge in [-0.2, -0.15) is 0 Å². The molecule has 3 unspecified atom stereocenters. The first-order chi connectivity index (χ1) is 27.1. The number of aliphatic hydroxyl groups excluding tert-OH is 1. The Bertz CT molecular complexity index is 1790. The number of ketones is 2. The number of ether oxygens (including phenoxy) is 2. The standard InChI is InChI=1S/C26H36O3.C24H34O4/c1-26-15-14-21-20-10-8-19(29-25(28)13-6-17-4-2-3-5-17)16-18(20)7-9-22(21)23(26)11-12-24(26)27;1-14-12-18-19(22(4)9-6-17(27)13-21(14)22)7-10-23(5)20(18)8-11-24(23,15(2)25)28-16(3)26/h8,10,16-17,21-24,27H,2-7,9,11-15H2,1H3;13-14,18-20H,6-12H2,1-5H3/t21?,22?,23?,24-,26-;14-,18+,19-,20-,22+,23-,24-/m00/s1. The van der Waals surface area contributed by atoms with Crippen molar-refractivity contribution in [3.63, 3.8) is 0 Å². The molecule has 1 N–H and O–H groups in total. The van der Waals surface area contributed by atoms with Crippen molar-refractivity contribution < 1.29 is 33.8 Å². The maximum absolute atomic E-state index is 12.8. The fourth-order valence-corrected chi connectivity index (χ4v) is 15.4. The molecular weight excluding hydrogens is 713 g/mol. The van der Waals surface area contributed by atoms with Gasteiger partial charge in [0, 0.05) is 25.2 Å². The number of rotatable bonds is 6. The van der Waals surface area contributed by atoms with Gasteiger partial charge in [0.05, 0.1) is 6.10 Å². The molecule has 7 nitrogen and oxygen atoms in total. The molecule has 8 aliphatic carbocycles. The highest BCUT2D eigenvalue weighted by Gasteiger charge is 2.68. The highest BCUT2D eigenvalue weighted by atomic mass is 16.6. The van der Waals surface area contributed by atoms with Crippen LogP contribution >= 0.6 is 0 Å². The third kappa shape index (κ3) is 6.90. The number of aryl methyl sites for hydroxylation is 1. The number of carbonyl (C=O) groups is 4. The van der Waals surface area contributed by atoms with E-state index < -0.39 is 5.60 Å². The number of fused-ring (bicyclic) bond motifs is 10. The molecular formula is C50H70O7. The zero-order valence-electron chi connectivity index (χ0n) is 35.8. The Morgan fingerprint density at radius 3 is 2.32 bits per heavy atom. The molecule has 0 amide bonds. The highest BCUT2D eigenvalue weighted by Crippen LogP contribution is 2.69. The summed E-state index contributed by atoms with van der Waals surface area (Å²) in [6.07, 6.45) is 21.6. The summed E-state index contributed by atoms with van der Waals surface area (Å²) in [5.74, 6) is 5.21. The van der Waals surface area contributed by atoms with E-state index in [9.17, 15) is 24.3 Å². The number of hydrogen-bond donors (Lipinski definition) is 1. The van der Waals surface area contributed by atoms with Crippen LogP contribution in [-0.2, 0) is 30.3 Å². The predicted octanol–water partition coefficient (Wildman–Crippen LogP) is 10.4. The maximum Gasteiger partial charge on any atom is 0.311 e. The first-order valence-electron chi connectivity index (χ1n) is 23.1. The third-order valence-corrected chi connectivity index (χ3v) is 18.4. The zero-order chi connectivity index (χ0) is 40.5. The van der Waals surface area contributed by atoms with Gasteiger partial charge < -0.3 is 14.6 Å². The Morgan fingerprint density at radius 1 is 0.825 bits per heavy atom. The van der Waals surface area contributed by atoms with Crippen LogP contribution in [0.15, 0.2) is 29.8 Å². The van der Waals surface area contributed by atoms with Crippen LogP contribution in [0, 0.1) is 57.7 Å². The van der Waals surface area contributed by atoms with Crippen molar-refractivity contribution in [3.05, 3.63) is 41.0 Å².